The van der Waals surface area contributed by atoms with E-state index >= 15 is 0 Å². The Bertz CT molecular complexity index is 217. The van der Waals surface area contributed by atoms with Crippen molar-refractivity contribution in [1.29, 1.82) is 0 Å². The molecule has 0 atom stereocenters. The first-order chi connectivity index (χ1) is 7.85. The molecule has 1 rings (SSSR count). The lowest BCUT2D eigenvalue weighted by atomic mass is 10.1. The summed E-state index contributed by atoms with van der Waals surface area (Å²) >= 11 is 0. The average Bonchev–Trinajstić information content (AvgIpc) is 2.81. The predicted octanol–water partition coefficient (Wildman–Crippen LogP) is 4.02. The fourth-order valence-corrected chi connectivity index (χ4v) is 1.36. The zero-order chi connectivity index (χ0) is 12.1. The van der Waals surface area contributed by atoms with Crippen LogP contribution in [0.2, 0.25) is 0 Å². The molecule has 0 amide bonds. The summed E-state index contributed by atoms with van der Waals surface area (Å²) < 4.78 is 4.39. The smallest absolute Gasteiger partial charge is 0.293 e. The number of unbranched alkanes of at least 4 members (excludes halogenated alkanes) is 2. The molecule has 0 aliphatic heterocycles. The molecule has 92 valence electrons. The van der Waals surface area contributed by atoms with E-state index in [0.29, 0.717) is 13.1 Å². The molecule has 0 aromatic heterocycles. The summed E-state index contributed by atoms with van der Waals surface area (Å²) in [6, 6.07) is 0. The van der Waals surface area contributed by atoms with Crippen LogP contribution in [-0.2, 0) is 9.53 Å². The van der Waals surface area contributed by atoms with Crippen LogP contribution in [0.3, 0.4) is 0 Å². The first kappa shape index (κ1) is 14.9. The Hall–Kier alpha value is -1.05. The first-order valence-corrected chi connectivity index (χ1v) is 6.24. The third kappa shape index (κ3) is 9.50. The lowest BCUT2D eigenvalue weighted by molar-refractivity contribution is -0.128. The van der Waals surface area contributed by atoms with E-state index in [1.807, 2.05) is 6.92 Å². The third-order valence-corrected chi connectivity index (χ3v) is 2.38. The quantitative estimate of drug-likeness (QED) is 0.482. The van der Waals surface area contributed by atoms with E-state index in [2.05, 4.69) is 29.9 Å². The molecule has 0 aromatic rings. The minimum atomic E-state index is 0.482. The lowest BCUT2D eigenvalue weighted by Gasteiger charge is -1.96. The average molecular weight is 224 g/mol. The van der Waals surface area contributed by atoms with E-state index < -0.39 is 0 Å². The minimum Gasteiger partial charge on any atom is -0.468 e. The third-order valence-electron chi connectivity index (χ3n) is 2.38. The van der Waals surface area contributed by atoms with Crippen molar-refractivity contribution in [2.45, 2.75) is 52.4 Å². The van der Waals surface area contributed by atoms with Crippen LogP contribution in [0.1, 0.15) is 52.4 Å². The molecule has 2 nitrogen and oxygen atoms in total. The molecule has 0 unspecified atom stereocenters. The van der Waals surface area contributed by atoms with Crippen molar-refractivity contribution in [3.63, 3.8) is 0 Å². The summed E-state index contributed by atoms with van der Waals surface area (Å²) in [4.78, 5) is 9.46. The van der Waals surface area contributed by atoms with Gasteiger partial charge in [-0.25, -0.2) is 0 Å². The lowest BCUT2D eigenvalue weighted by Crippen LogP contribution is -1.88. The second kappa shape index (κ2) is 12.0. The molecule has 0 heterocycles. The Labute approximate surface area is 99.4 Å². The second-order valence-corrected chi connectivity index (χ2v) is 3.88. The molecule has 2 heteroatoms. The SMILES string of the molecule is CCCCC1=CC=CC1.CCCCOC=O. The molecule has 16 heavy (non-hydrogen) atoms. The Morgan fingerprint density at radius 2 is 2.06 bits per heavy atom. The normalized spacial score (nSPS) is 12.8. The Morgan fingerprint density at radius 1 is 1.31 bits per heavy atom. The van der Waals surface area contributed by atoms with E-state index in [1.165, 1.54) is 25.7 Å². The van der Waals surface area contributed by atoms with Crippen LogP contribution >= 0.6 is 0 Å². The topological polar surface area (TPSA) is 26.3 Å². The minimum absolute atomic E-state index is 0.482. The van der Waals surface area contributed by atoms with Crippen molar-refractivity contribution >= 4 is 6.47 Å². The highest BCUT2D eigenvalue weighted by atomic mass is 16.5. The number of rotatable bonds is 7. The van der Waals surface area contributed by atoms with E-state index in [4.69, 9.17) is 0 Å². The Morgan fingerprint density at radius 3 is 2.56 bits per heavy atom. The molecule has 0 bridgehead atoms. The van der Waals surface area contributed by atoms with E-state index in [1.54, 1.807) is 5.57 Å². The molecular weight excluding hydrogens is 200 g/mol. The number of carbonyl (C=O) groups excluding carboxylic acids is 1. The standard InChI is InChI=1S/C9H14.C5H10O2/c1-2-3-6-9-7-4-5-8-9;1-2-3-4-7-5-6/h4-5,7H,2-3,6,8H2,1H3;5H,2-4H2,1H3. The van der Waals surface area contributed by atoms with Gasteiger partial charge in [-0.2, -0.15) is 0 Å². The first-order valence-electron chi connectivity index (χ1n) is 6.24. The van der Waals surface area contributed by atoms with E-state index in [-0.39, 0.29) is 0 Å². The summed E-state index contributed by atoms with van der Waals surface area (Å²) in [5, 5.41) is 0. The maximum atomic E-state index is 9.46. The predicted molar refractivity (Wildman–Crippen MR) is 68.3 cm³/mol. The van der Waals surface area contributed by atoms with Crippen LogP contribution in [0.15, 0.2) is 23.8 Å². The Balaban J connectivity index is 0.000000293. The highest BCUT2D eigenvalue weighted by Crippen LogP contribution is 2.16. The van der Waals surface area contributed by atoms with Gasteiger partial charge in [0.15, 0.2) is 0 Å². The highest BCUT2D eigenvalue weighted by molar-refractivity contribution is 5.36. The van der Waals surface area contributed by atoms with E-state index in [9.17, 15) is 4.79 Å². The summed E-state index contributed by atoms with van der Waals surface area (Å²) in [6.07, 6.45) is 13.9. The largest absolute Gasteiger partial charge is 0.468 e. The number of allylic oxidation sites excluding steroid dienone is 4. The summed E-state index contributed by atoms with van der Waals surface area (Å²) in [5.74, 6) is 0. The summed E-state index contributed by atoms with van der Waals surface area (Å²) in [7, 11) is 0. The van der Waals surface area contributed by atoms with Crippen LogP contribution in [0.5, 0.6) is 0 Å². The number of ether oxygens (including phenoxy) is 1. The maximum absolute atomic E-state index is 9.46. The van der Waals surface area contributed by atoms with Crippen molar-refractivity contribution in [3.05, 3.63) is 23.8 Å². The van der Waals surface area contributed by atoms with Gasteiger partial charge in [0.25, 0.3) is 6.47 Å². The van der Waals surface area contributed by atoms with Gasteiger partial charge >= 0.3 is 0 Å². The molecule has 1 aliphatic rings. The molecule has 0 saturated carbocycles. The number of carbonyl (C=O) groups is 1. The summed E-state index contributed by atoms with van der Waals surface area (Å²) in [6.45, 7) is 5.34. The molecule has 0 spiro atoms. The monoisotopic (exact) mass is 224 g/mol. The van der Waals surface area contributed by atoms with Crippen molar-refractivity contribution in [2.24, 2.45) is 0 Å². The highest BCUT2D eigenvalue weighted by Gasteiger charge is 1.96. The van der Waals surface area contributed by atoms with Gasteiger partial charge in [0.2, 0.25) is 0 Å². The number of hydrogen-bond acceptors (Lipinski definition) is 2. The van der Waals surface area contributed by atoms with Gasteiger partial charge in [0.1, 0.15) is 0 Å². The van der Waals surface area contributed by atoms with Crippen molar-refractivity contribution in [2.75, 3.05) is 6.61 Å². The fraction of sp³-hybridized carbons (Fsp3) is 0.643. The molecular formula is C14H24O2. The molecule has 0 N–H and O–H groups in total. The second-order valence-electron chi connectivity index (χ2n) is 3.88. The molecule has 1 aliphatic carbocycles. The number of hydrogen-bond donors (Lipinski definition) is 0. The van der Waals surface area contributed by atoms with Crippen LogP contribution in [0, 0.1) is 0 Å². The Kier molecular flexibility index (Phi) is 11.2. The van der Waals surface area contributed by atoms with Crippen molar-refractivity contribution < 1.29 is 9.53 Å². The molecule has 0 saturated heterocycles. The molecule has 0 fully saturated rings. The zero-order valence-corrected chi connectivity index (χ0v) is 10.6. The maximum Gasteiger partial charge on any atom is 0.293 e. The van der Waals surface area contributed by atoms with E-state index in [0.717, 1.165) is 12.8 Å². The fourth-order valence-electron chi connectivity index (χ4n) is 1.36. The summed E-state index contributed by atoms with van der Waals surface area (Å²) in [5.41, 5.74) is 1.61. The van der Waals surface area contributed by atoms with Gasteiger partial charge in [-0.1, -0.05) is 50.5 Å². The van der Waals surface area contributed by atoms with Gasteiger partial charge < -0.3 is 4.74 Å². The van der Waals surface area contributed by atoms with Gasteiger partial charge in [0, 0.05) is 0 Å². The van der Waals surface area contributed by atoms with Gasteiger partial charge in [-0.3, -0.25) is 4.79 Å². The van der Waals surface area contributed by atoms with Crippen molar-refractivity contribution in [3.8, 4) is 0 Å². The zero-order valence-electron chi connectivity index (χ0n) is 10.6. The van der Waals surface area contributed by atoms with Crippen LogP contribution in [0.25, 0.3) is 0 Å². The van der Waals surface area contributed by atoms with Gasteiger partial charge in [0.05, 0.1) is 6.61 Å². The molecule has 0 radical (unpaired) electrons. The van der Waals surface area contributed by atoms with Crippen molar-refractivity contribution in [1.82, 2.24) is 0 Å². The van der Waals surface area contributed by atoms with Crippen LogP contribution in [-0.4, -0.2) is 13.1 Å². The van der Waals surface area contributed by atoms with Crippen LogP contribution in [0.4, 0.5) is 0 Å². The van der Waals surface area contributed by atoms with Gasteiger partial charge in [-0.15, -0.1) is 0 Å². The molecule has 0 aromatic carbocycles. The van der Waals surface area contributed by atoms with Gasteiger partial charge in [-0.05, 0) is 25.7 Å². The van der Waals surface area contributed by atoms with Crippen LogP contribution < -0.4 is 0 Å².